The zero-order valence-electron chi connectivity index (χ0n) is 11.7. The van der Waals surface area contributed by atoms with Crippen molar-refractivity contribution in [3.05, 3.63) is 33.8 Å². The van der Waals surface area contributed by atoms with Crippen LogP contribution in [0, 0.1) is 0 Å². The van der Waals surface area contributed by atoms with Gasteiger partial charge in [0.05, 0.1) is 0 Å². The smallest absolute Gasteiger partial charge is 0.254 e. The highest BCUT2D eigenvalue weighted by atomic mass is 35.5. The van der Waals surface area contributed by atoms with Crippen molar-refractivity contribution in [2.24, 2.45) is 0 Å². The quantitative estimate of drug-likeness (QED) is 0.721. The van der Waals surface area contributed by atoms with E-state index in [2.05, 4.69) is 20.8 Å². The van der Waals surface area contributed by atoms with Gasteiger partial charge in [0.2, 0.25) is 0 Å². The van der Waals surface area contributed by atoms with Gasteiger partial charge in [-0.15, -0.1) is 0 Å². The molecular weight excluding hydrogens is 281 g/mol. The summed E-state index contributed by atoms with van der Waals surface area (Å²) in [7, 11) is 0. The highest BCUT2D eigenvalue weighted by Crippen LogP contribution is 2.21. The van der Waals surface area contributed by atoms with E-state index >= 15 is 0 Å². The first kappa shape index (κ1) is 16.3. The van der Waals surface area contributed by atoms with Gasteiger partial charge in [-0.1, -0.05) is 43.5 Å². The third kappa shape index (κ3) is 4.70. The number of nitrogens with zero attached hydrogens (tertiary/aromatic N) is 1. The fourth-order valence-electron chi connectivity index (χ4n) is 2.18. The molecule has 0 saturated heterocycles. The van der Waals surface area contributed by atoms with Crippen molar-refractivity contribution in [1.82, 2.24) is 4.90 Å². The lowest BCUT2D eigenvalue weighted by Gasteiger charge is -2.29. The molecule has 1 unspecified atom stereocenters. The minimum Gasteiger partial charge on any atom is -0.336 e. The van der Waals surface area contributed by atoms with Crippen molar-refractivity contribution < 1.29 is 4.79 Å². The Hall–Kier alpha value is -0.730. The van der Waals surface area contributed by atoms with Crippen molar-refractivity contribution in [3.8, 4) is 0 Å². The van der Waals surface area contributed by atoms with Crippen LogP contribution < -0.4 is 0 Å². The van der Waals surface area contributed by atoms with Crippen LogP contribution in [-0.4, -0.2) is 23.4 Å². The molecular formula is C15H21Cl2NO. The van der Waals surface area contributed by atoms with Gasteiger partial charge in [-0.2, -0.15) is 0 Å². The van der Waals surface area contributed by atoms with Crippen LogP contribution in [0.5, 0.6) is 0 Å². The highest BCUT2D eigenvalue weighted by molar-refractivity contribution is 6.35. The van der Waals surface area contributed by atoms with Crippen LogP contribution >= 0.6 is 23.2 Å². The molecule has 0 N–H and O–H groups in total. The molecule has 0 aliphatic carbocycles. The molecule has 1 aromatic rings. The van der Waals surface area contributed by atoms with E-state index in [1.165, 1.54) is 0 Å². The Bertz CT molecular complexity index is 414. The lowest BCUT2D eigenvalue weighted by molar-refractivity contribution is 0.0683. The number of benzene rings is 1. The molecule has 106 valence electrons. The molecule has 0 spiro atoms. The summed E-state index contributed by atoms with van der Waals surface area (Å²) < 4.78 is 0. The Labute approximate surface area is 125 Å². The van der Waals surface area contributed by atoms with E-state index in [0.29, 0.717) is 15.6 Å². The lowest BCUT2D eigenvalue weighted by Crippen LogP contribution is -2.39. The number of rotatable bonds is 6. The molecule has 1 rings (SSSR count). The first-order valence-corrected chi connectivity index (χ1v) is 7.52. The highest BCUT2D eigenvalue weighted by Gasteiger charge is 2.20. The molecule has 0 aliphatic rings. The minimum absolute atomic E-state index is 0.00667. The van der Waals surface area contributed by atoms with Crippen LogP contribution in [-0.2, 0) is 0 Å². The van der Waals surface area contributed by atoms with E-state index in [4.69, 9.17) is 23.2 Å². The summed E-state index contributed by atoms with van der Waals surface area (Å²) in [5.74, 6) is 0.00667. The number of halogens is 2. The molecule has 2 nitrogen and oxygen atoms in total. The average Bonchev–Trinajstić information content (AvgIpc) is 2.34. The summed E-state index contributed by atoms with van der Waals surface area (Å²) in [5, 5.41) is 0.992. The van der Waals surface area contributed by atoms with E-state index in [-0.39, 0.29) is 11.9 Å². The van der Waals surface area contributed by atoms with Gasteiger partial charge in [-0.3, -0.25) is 4.79 Å². The summed E-state index contributed by atoms with van der Waals surface area (Å²) in [6.07, 6.45) is 3.00. The second-order valence-corrected chi connectivity index (χ2v) is 5.67. The summed E-state index contributed by atoms with van der Waals surface area (Å²) >= 11 is 11.9. The van der Waals surface area contributed by atoms with E-state index in [1.54, 1.807) is 18.2 Å². The van der Waals surface area contributed by atoms with E-state index < -0.39 is 0 Å². The van der Waals surface area contributed by atoms with Gasteiger partial charge in [-0.25, -0.2) is 0 Å². The summed E-state index contributed by atoms with van der Waals surface area (Å²) in [4.78, 5) is 14.5. The Morgan fingerprint density at radius 2 is 1.74 bits per heavy atom. The number of amides is 1. The van der Waals surface area contributed by atoms with E-state index in [0.717, 1.165) is 25.8 Å². The van der Waals surface area contributed by atoms with Gasteiger partial charge in [0.15, 0.2) is 0 Å². The van der Waals surface area contributed by atoms with Crippen molar-refractivity contribution in [3.63, 3.8) is 0 Å². The third-order valence-electron chi connectivity index (χ3n) is 3.07. The predicted molar refractivity (Wildman–Crippen MR) is 82.2 cm³/mol. The molecule has 0 heterocycles. The molecule has 0 fully saturated rings. The van der Waals surface area contributed by atoms with Crippen LogP contribution in [0.15, 0.2) is 18.2 Å². The topological polar surface area (TPSA) is 20.3 Å². The number of hydrogen-bond donors (Lipinski definition) is 0. The molecule has 1 aromatic carbocycles. The predicted octanol–water partition coefficient (Wildman–Crippen LogP) is 5.03. The Kier molecular flexibility index (Phi) is 6.67. The van der Waals surface area contributed by atoms with Gasteiger partial charge in [0.25, 0.3) is 5.91 Å². The molecule has 0 radical (unpaired) electrons. The standard InChI is InChI=1S/C15H21Cl2NO/c1-4-6-11(3)18(7-5-2)15(19)12-8-13(16)10-14(17)9-12/h8-11H,4-7H2,1-3H3. The lowest BCUT2D eigenvalue weighted by atomic mass is 10.1. The number of hydrogen-bond acceptors (Lipinski definition) is 1. The average molecular weight is 302 g/mol. The maximum atomic E-state index is 12.6. The van der Waals surface area contributed by atoms with Crippen LogP contribution in [0.4, 0.5) is 0 Å². The summed E-state index contributed by atoms with van der Waals surface area (Å²) in [6, 6.07) is 5.23. The molecule has 19 heavy (non-hydrogen) atoms. The van der Waals surface area contributed by atoms with Crippen LogP contribution in [0.25, 0.3) is 0 Å². The second kappa shape index (κ2) is 7.76. The van der Waals surface area contributed by atoms with Crippen molar-refractivity contribution >= 4 is 29.1 Å². The zero-order chi connectivity index (χ0) is 14.4. The van der Waals surface area contributed by atoms with Crippen molar-refractivity contribution in [2.75, 3.05) is 6.54 Å². The van der Waals surface area contributed by atoms with Gasteiger partial charge in [-0.05, 0) is 38.0 Å². The van der Waals surface area contributed by atoms with Gasteiger partial charge in [0, 0.05) is 28.2 Å². The molecule has 4 heteroatoms. The first-order chi connectivity index (χ1) is 8.99. The van der Waals surface area contributed by atoms with Crippen LogP contribution in [0.1, 0.15) is 50.4 Å². The number of carbonyl (C=O) groups excluding carboxylic acids is 1. The normalized spacial score (nSPS) is 12.3. The maximum Gasteiger partial charge on any atom is 0.254 e. The van der Waals surface area contributed by atoms with E-state index in [9.17, 15) is 4.79 Å². The second-order valence-electron chi connectivity index (χ2n) is 4.79. The fraction of sp³-hybridized carbons (Fsp3) is 0.533. The van der Waals surface area contributed by atoms with Gasteiger partial charge < -0.3 is 4.90 Å². The molecule has 0 aromatic heterocycles. The van der Waals surface area contributed by atoms with Crippen LogP contribution in [0.3, 0.4) is 0 Å². The van der Waals surface area contributed by atoms with Crippen molar-refractivity contribution in [1.29, 1.82) is 0 Å². The first-order valence-electron chi connectivity index (χ1n) is 6.76. The molecule has 1 atom stereocenters. The Balaban J connectivity index is 2.98. The SMILES string of the molecule is CCCC(C)N(CCC)C(=O)c1cc(Cl)cc(Cl)c1. The van der Waals surface area contributed by atoms with Crippen LogP contribution in [0.2, 0.25) is 10.0 Å². The Morgan fingerprint density at radius 3 is 2.21 bits per heavy atom. The molecule has 0 saturated carbocycles. The summed E-state index contributed by atoms with van der Waals surface area (Å²) in [5.41, 5.74) is 0.564. The van der Waals surface area contributed by atoms with Gasteiger partial charge in [0.1, 0.15) is 0 Å². The molecule has 1 amide bonds. The fourth-order valence-corrected chi connectivity index (χ4v) is 2.71. The minimum atomic E-state index is 0.00667. The largest absolute Gasteiger partial charge is 0.336 e. The van der Waals surface area contributed by atoms with Crippen molar-refractivity contribution in [2.45, 2.75) is 46.1 Å². The molecule has 0 bridgehead atoms. The maximum absolute atomic E-state index is 12.6. The Morgan fingerprint density at radius 1 is 1.16 bits per heavy atom. The molecule has 0 aliphatic heterocycles. The zero-order valence-corrected chi connectivity index (χ0v) is 13.3. The van der Waals surface area contributed by atoms with E-state index in [1.807, 2.05) is 4.90 Å². The number of carbonyl (C=O) groups is 1. The third-order valence-corrected chi connectivity index (χ3v) is 3.51. The monoisotopic (exact) mass is 301 g/mol. The summed E-state index contributed by atoms with van der Waals surface area (Å²) in [6.45, 7) is 7.04. The van der Waals surface area contributed by atoms with Gasteiger partial charge >= 0.3 is 0 Å².